The van der Waals surface area contributed by atoms with Crippen LogP contribution in [0, 0.1) is 13.8 Å². The lowest BCUT2D eigenvalue weighted by molar-refractivity contribution is 0.432. The van der Waals surface area contributed by atoms with Gasteiger partial charge in [-0.3, -0.25) is 0 Å². The lowest BCUT2D eigenvalue weighted by Gasteiger charge is -2.12. The molecule has 0 aliphatic heterocycles. The van der Waals surface area contributed by atoms with Crippen molar-refractivity contribution in [3.8, 4) is 0 Å². The minimum atomic E-state index is -3.15. The maximum absolute atomic E-state index is 12.1. The second kappa shape index (κ2) is 4.97. The third kappa shape index (κ3) is 3.32. The number of nitrogens with zero attached hydrogens (tertiary/aromatic N) is 1. The molecule has 0 bridgehead atoms. The topological polar surface area (TPSA) is 37.4 Å². The van der Waals surface area contributed by atoms with Gasteiger partial charge in [-0.2, -0.15) is 0 Å². The number of hydrogen-bond donors (Lipinski definition) is 0. The van der Waals surface area contributed by atoms with Crippen LogP contribution in [0.1, 0.15) is 11.1 Å². The number of aryl methyl sites for hydroxylation is 2. The summed E-state index contributed by atoms with van der Waals surface area (Å²) in [5.41, 5.74) is 1.80. The normalized spacial score (nSPS) is 12.1. The molecule has 0 amide bonds. The number of sulfone groups is 1. The number of hydrogen-bond acceptors (Lipinski definition) is 3. The van der Waals surface area contributed by atoms with Crippen molar-refractivity contribution in [3.63, 3.8) is 0 Å². The van der Waals surface area contributed by atoms with Crippen molar-refractivity contribution in [2.24, 2.45) is 0 Å². The van der Waals surface area contributed by atoms with Gasteiger partial charge in [0.2, 0.25) is 0 Å². The van der Waals surface area contributed by atoms with Crippen LogP contribution in [-0.4, -0.2) is 39.7 Å². The van der Waals surface area contributed by atoms with Gasteiger partial charge in [0.15, 0.2) is 9.84 Å². The molecule has 0 N–H and O–H groups in total. The quantitative estimate of drug-likeness (QED) is 0.804. The van der Waals surface area contributed by atoms with E-state index >= 15 is 0 Å². The Morgan fingerprint density at radius 2 is 1.81 bits per heavy atom. The van der Waals surface area contributed by atoms with Crippen molar-refractivity contribution in [3.05, 3.63) is 29.3 Å². The van der Waals surface area contributed by atoms with Crippen molar-refractivity contribution in [1.82, 2.24) is 4.90 Å². The monoisotopic (exact) mass is 241 g/mol. The van der Waals surface area contributed by atoms with E-state index in [1.165, 1.54) is 0 Å². The van der Waals surface area contributed by atoms with E-state index in [9.17, 15) is 8.42 Å². The smallest absolute Gasteiger partial charge is 0.179 e. The molecule has 16 heavy (non-hydrogen) atoms. The molecular formula is C12H19NO2S. The Kier molecular flexibility index (Phi) is 4.10. The summed E-state index contributed by atoms with van der Waals surface area (Å²) < 4.78 is 24.2. The predicted molar refractivity (Wildman–Crippen MR) is 66.5 cm³/mol. The van der Waals surface area contributed by atoms with E-state index in [1.807, 2.05) is 45.0 Å². The molecule has 0 saturated carbocycles. The lowest BCUT2D eigenvalue weighted by atomic mass is 10.2. The van der Waals surface area contributed by atoms with Gasteiger partial charge < -0.3 is 4.90 Å². The van der Waals surface area contributed by atoms with Gasteiger partial charge in [-0.25, -0.2) is 8.42 Å². The Hall–Kier alpha value is -0.870. The fourth-order valence-corrected chi connectivity index (χ4v) is 3.20. The van der Waals surface area contributed by atoms with Crippen LogP contribution in [0.25, 0.3) is 0 Å². The first-order valence-electron chi connectivity index (χ1n) is 5.27. The van der Waals surface area contributed by atoms with Crippen LogP contribution in [0.5, 0.6) is 0 Å². The summed E-state index contributed by atoms with van der Waals surface area (Å²) in [6.45, 7) is 4.29. The van der Waals surface area contributed by atoms with Gasteiger partial charge in [-0.1, -0.05) is 12.1 Å². The van der Waals surface area contributed by atoms with Crippen LogP contribution in [0.4, 0.5) is 0 Å². The molecule has 3 nitrogen and oxygen atoms in total. The molecule has 0 aromatic heterocycles. The van der Waals surface area contributed by atoms with E-state index in [1.54, 1.807) is 6.07 Å². The first-order valence-corrected chi connectivity index (χ1v) is 6.93. The van der Waals surface area contributed by atoms with E-state index in [2.05, 4.69) is 0 Å². The first-order chi connectivity index (χ1) is 7.33. The average molecular weight is 241 g/mol. The van der Waals surface area contributed by atoms with Crippen LogP contribution in [0.3, 0.4) is 0 Å². The van der Waals surface area contributed by atoms with Gasteiger partial charge in [0.1, 0.15) is 0 Å². The lowest BCUT2D eigenvalue weighted by Crippen LogP contribution is -2.22. The summed E-state index contributed by atoms with van der Waals surface area (Å²) in [4.78, 5) is 2.34. The van der Waals surface area contributed by atoms with Crippen molar-refractivity contribution in [1.29, 1.82) is 0 Å². The molecule has 0 unspecified atom stereocenters. The molecule has 0 aliphatic carbocycles. The SMILES string of the molecule is Cc1ccc(C)c(S(=O)(=O)CCN(C)C)c1. The van der Waals surface area contributed by atoms with Crippen LogP contribution in [-0.2, 0) is 9.84 Å². The third-order valence-electron chi connectivity index (χ3n) is 2.49. The van der Waals surface area contributed by atoms with Crippen LogP contribution in [0.15, 0.2) is 23.1 Å². The zero-order chi connectivity index (χ0) is 12.3. The largest absolute Gasteiger partial charge is 0.308 e. The standard InChI is InChI=1S/C12H19NO2S/c1-10-5-6-11(2)12(9-10)16(14,15)8-7-13(3)4/h5-6,9H,7-8H2,1-4H3. The fraction of sp³-hybridized carbons (Fsp3) is 0.500. The van der Waals surface area contributed by atoms with Crippen LogP contribution < -0.4 is 0 Å². The molecule has 4 heteroatoms. The summed E-state index contributed by atoms with van der Waals surface area (Å²) in [6.07, 6.45) is 0. The van der Waals surface area contributed by atoms with Gasteiger partial charge in [0.25, 0.3) is 0 Å². The Bertz CT molecular complexity index is 464. The molecule has 90 valence electrons. The van der Waals surface area contributed by atoms with Crippen LogP contribution in [0.2, 0.25) is 0 Å². The molecule has 0 heterocycles. The fourth-order valence-electron chi connectivity index (χ4n) is 1.46. The molecule has 0 atom stereocenters. The van der Waals surface area contributed by atoms with E-state index in [4.69, 9.17) is 0 Å². The van der Waals surface area contributed by atoms with Crippen LogP contribution >= 0.6 is 0 Å². The Morgan fingerprint density at radius 1 is 1.19 bits per heavy atom. The summed E-state index contributed by atoms with van der Waals surface area (Å²) in [7, 11) is 0.597. The average Bonchev–Trinajstić information content (AvgIpc) is 2.19. The molecule has 1 aromatic rings. The molecule has 0 aliphatic rings. The molecule has 1 aromatic carbocycles. The molecule has 1 rings (SSSR count). The molecule has 0 spiro atoms. The summed E-state index contributed by atoms with van der Waals surface area (Å²) in [6, 6.07) is 5.54. The molecule has 0 saturated heterocycles. The highest BCUT2D eigenvalue weighted by Gasteiger charge is 2.17. The Balaban J connectivity index is 3.02. The zero-order valence-corrected chi connectivity index (χ0v) is 11.1. The maximum atomic E-state index is 12.1. The minimum absolute atomic E-state index is 0.171. The van der Waals surface area contributed by atoms with Gasteiger partial charge in [0.05, 0.1) is 10.6 Å². The van der Waals surface area contributed by atoms with E-state index in [0.29, 0.717) is 11.4 Å². The summed E-state index contributed by atoms with van der Waals surface area (Å²) in [5, 5.41) is 0. The van der Waals surface area contributed by atoms with E-state index < -0.39 is 9.84 Å². The van der Waals surface area contributed by atoms with Crippen molar-refractivity contribution < 1.29 is 8.42 Å². The summed E-state index contributed by atoms with van der Waals surface area (Å²) >= 11 is 0. The highest BCUT2D eigenvalue weighted by Crippen LogP contribution is 2.18. The highest BCUT2D eigenvalue weighted by molar-refractivity contribution is 7.91. The Labute approximate surface area is 98.0 Å². The Morgan fingerprint density at radius 3 is 2.38 bits per heavy atom. The molecule has 0 radical (unpaired) electrons. The molecule has 0 fully saturated rings. The second-order valence-electron chi connectivity index (χ2n) is 4.39. The van der Waals surface area contributed by atoms with Crippen molar-refractivity contribution >= 4 is 9.84 Å². The third-order valence-corrected chi connectivity index (χ3v) is 4.32. The van der Waals surface area contributed by atoms with Crippen molar-refractivity contribution in [2.45, 2.75) is 18.7 Å². The predicted octanol–water partition coefficient (Wildman–Crippen LogP) is 1.64. The summed E-state index contributed by atoms with van der Waals surface area (Å²) in [5.74, 6) is 0.171. The second-order valence-corrected chi connectivity index (χ2v) is 6.47. The van der Waals surface area contributed by atoms with Gasteiger partial charge in [-0.05, 0) is 45.1 Å². The first kappa shape index (κ1) is 13.2. The van der Waals surface area contributed by atoms with Gasteiger partial charge >= 0.3 is 0 Å². The minimum Gasteiger partial charge on any atom is -0.308 e. The molecular weight excluding hydrogens is 222 g/mol. The van der Waals surface area contributed by atoms with Gasteiger partial charge in [-0.15, -0.1) is 0 Å². The number of rotatable bonds is 4. The van der Waals surface area contributed by atoms with Gasteiger partial charge in [0, 0.05) is 6.54 Å². The highest BCUT2D eigenvalue weighted by atomic mass is 32.2. The van der Waals surface area contributed by atoms with Crippen molar-refractivity contribution in [2.75, 3.05) is 26.4 Å². The zero-order valence-electron chi connectivity index (χ0n) is 10.3. The maximum Gasteiger partial charge on any atom is 0.179 e. The van der Waals surface area contributed by atoms with E-state index in [0.717, 1.165) is 11.1 Å². The van der Waals surface area contributed by atoms with E-state index in [-0.39, 0.29) is 5.75 Å². The number of benzene rings is 1.